The minimum atomic E-state index is 0.114. The number of aliphatic hydroxyl groups excluding tert-OH is 1. The van der Waals surface area contributed by atoms with Crippen LogP contribution in [-0.2, 0) is 0 Å². The molecule has 5 heteroatoms. The lowest BCUT2D eigenvalue weighted by Gasteiger charge is -2.25. The van der Waals surface area contributed by atoms with E-state index in [0.29, 0.717) is 11.6 Å². The van der Waals surface area contributed by atoms with Gasteiger partial charge in [0.1, 0.15) is 0 Å². The highest BCUT2D eigenvalue weighted by molar-refractivity contribution is 5.79. The Kier molecular flexibility index (Phi) is 2.76. The van der Waals surface area contributed by atoms with Crippen molar-refractivity contribution in [3.05, 3.63) is 24.3 Å². The van der Waals surface area contributed by atoms with E-state index in [9.17, 15) is 5.11 Å². The first-order valence-electron chi connectivity index (χ1n) is 6.19. The van der Waals surface area contributed by atoms with E-state index < -0.39 is 0 Å². The quantitative estimate of drug-likeness (QED) is 0.829. The van der Waals surface area contributed by atoms with Crippen LogP contribution in [-0.4, -0.2) is 34.3 Å². The Balaban J connectivity index is 2.08. The van der Waals surface area contributed by atoms with Crippen molar-refractivity contribution in [2.75, 3.05) is 23.8 Å². The molecule has 0 aliphatic carbocycles. The molecule has 18 heavy (non-hydrogen) atoms. The summed E-state index contributed by atoms with van der Waals surface area (Å²) in [5.74, 6) is 1.14. The third kappa shape index (κ3) is 1.76. The molecular weight excluding hydrogens is 228 g/mol. The molecule has 1 aromatic heterocycles. The molecule has 0 radical (unpaired) electrons. The van der Waals surface area contributed by atoms with Crippen molar-refractivity contribution in [1.82, 2.24) is 9.97 Å². The van der Waals surface area contributed by atoms with Crippen molar-refractivity contribution in [3.8, 4) is 0 Å². The number of aliphatic hydroxyl groups is 1. The van der Waals surface area contributed by atoms with E-state index in [2.05, 4.69) is 14.9 Å². The lowest BCUT2D eigenvalue weighted by Crippen LogP contribution is -2.33. The van der Waals surface area contributed by atoms with Gasteiger partial charge in [-0.2, -0.15) is 0 Å². The number of para-hydroxylation sites is 2. The van der Waals surface area contributed by atoms with Crippen molar-refractivity contribution in [3.63, 3.8) is 0 Å². The molecule has 0 unspecified atom stereocenters. The van der Waals surface area contributed by atoms with Crippen molar-refractivity contribution in [2.24, 2.45) is 0 Å². The molecular formula is C13H16N4O. The van der Waals surface area contributed by atoms with Gasteiger partial charge in [-0.25, -0.2) is 9.97 Å². The number of hydrogen-bond acceptors (Lipinski definition) is 5. The van der Waals surface area contributed by atoms with Crippen LogP contribution >= 0.6 is 0 Å². The first-order chi connectivity index (χ1) is 8.79. The summed E-state index contributed by atoms with van der Waals surface area (Å²) in [6, 6.07) is 7.79. The molecule has 1 fully saturated rings. The van der Waals surface area contributed by atoms with E-state index in [0.717, 1.165) is 30.4 Å². The van der Waals surface area contributed by atoms with Crippen LogP contribution in [0, 0.1) is 0 Å². The zero-order valence-corrected chi connectivity index (χ0v) is 10.1. The molecule has 2 aromatic rings. The van der Waals surface area contributed by atoms with E-state index in [1.807, 2.05) is 24.3 Å². The molecule has 0 bridgehead atoms. The summed E-state index contributed by atoms with van der Waals surface area (Å²) in [5.41, 5.74) is 7.63. The van der Waals surface area contributed by atoms with Gasteiger partial charge in [-0.15, -0.1) is 0 Å². The van der Waals surface area contributed by atoms with Gasteiger partial charge in [-0.1, -0.05) is 12.1 Å². The van der Waals surface area contributed by atoms with Crippen LogP contribution in [0.4, 0.5) is 11.6 Å². The number of benzene rings is 1. The number of nitrogen functional groups attached to an aromatic ring is 1. The number of aromatic nitrogens is 2. The summed E-state index contributed by atoms with van der Waals surface area (Å²) in [7, 11) is 0. The zero-order valence-electron chi connectivity index (χ0n) is 10.1. The number of fused-ring (bicyclic) bond motifs is 1. The second-order valence-corrected chi connectivity index (χ2v) is 4.59. The van der Waals surface area contributed by atoms with Gasteiger partial charge in [0.05, 0.1) is 23.7 Å². The van der Waals surface area contributed by atoms with E-state index in [1.165, 1.54) is 0 Å². The van der Waals surface area contributed by atoms with E-state index >= 15 is 0 Å². The second-order valence-electron chi connectivity index (χ2n) is 4.59. The summed E-state index contributed by atoms with van der Waals surface area (Å²) < 4.78 is 0. The standard InChI is InChI=1S/C13H16N4O/c14-12-13(17-7-3-4-9(17)8-18)16-11-6-2-1-5-10(11)15-12/h1-2,5-6,9,18H,3-4,7-8H2,(H2,14,15)/t9-/m1/s1. The Morgan fingerprint density at radius 3 is 2.72 bits per heavy atom. The zero-order chi connectivity index (χ0) is 12.5. The Bertz CT molecular complexity index is 572. The average Bonchev–Trinajstić information content (AvgIpc) is 2.86. The molecule has 1 aliphatic heterocycles. The first kappa shape index (κ1) is 11.2. The summed E-state index contributed by atoms with van der Waals surface area (Å²) in [5, 5.41) is 9.37. The second kappa shape index (κ2) is 4.42. The maximum Gasteiger partial charge on any atom is 0.172 e. The van der Waals surface area contributed by atoms with Gasteiger partial charge in [0.15, 0.2) is 11.6 Å². The lowest BCUT2D eigenvalue weighted by atomic mass is 10.2. The van der Waals surface area contributed by atoms with Crippen molar-refractivity contribution in [1.29, 1.82) is 0 Å². The molecule has 1 saturated heterocycles. The predicted molar refractivity (Wildman–Crippen MR) is 71.4 cm³/mol. The maximum absolute atomic E-state index is 9.37. The van der Waals surface area contributed by atoms with Gasteiger partial charge < -0.3 is 15.7 Å². The van der Waals surface area contributed by atoms with Crippen LogP contribution in [0.1, 0.15) is 12.8 Å². The van der Waals surface area contributed by atoms with Gasteiger partial charge in [-0.3, -0.25) is 0 Å². The van der Waals surface area contributed by atoms with Gasteiger partial charge in [0.2, 0.25) is 0 Å². The number of rotatable bonds is 2. The first-order valence-corrected chi connectivity index (χ1v) is 6.19. The Labute approximate surface area is 105 Å². The van der Waals surface area contributed by atoms with Crippen LogP contribution in [0.25, 0.3) is 11.0 Å². The van der Waals surface area contributed by atoms with Crippen LogP contribution in [0.2, 0.25) is 0 Å². The fourth-order valence-electron chi connectivity index (χ4n) is 2.52. The Hall–Kier alpha value is -1.88. The largest absolute Gasteiger partial charge is 0.394 e. The highest BCUT2D eigenvalue weighted by Crippen LogP contribution is 2.28. The monoisotopic (exact) mass is 244 g/mol. The van der Waals surface area contributed by atoms with E-state index in [-0.39, 0.29) is 12.6 Å². The highest BCUT2D eigenvalue weighted by Gasteiger charge is 2.27. The van der Waals surface area contributed by atoms with Crippen molar-refractivity contribution in [2.45, 2.75) is 18.9 Å². The van der Waals surface area contributed by atoms with Crippen LogP contribution < -0.4 is 10.6 Å². The fraction of sp³-hybridized carbons (Fsp3) is 0.385. The van der Waals surface area contributed by atoms with Crippen LogP contribution in [0.15, 0.2) is 24.3 Å². The molecule has 2 heterocycles. The molecule has 1 atom stereocenters. The summed E-state index contributed by atoms with van der Waals surface area (Å²) in [6.07, 6.45) is 2.03. The molecule has 1 aromatic carbocycles. The molecule has 0 amide bonds. The Morgan fingerprint density at radius 2 is 2.00 bits per heavy atom. The number of nitrogens with zero attached hydrogens (tertiary/aromatic N) is 3. The SMILES string of the molecule is Nc1nc2ccccc2nc1N1CCC[C@@H]1CO. The minimum absolute atomic E-state index is 0.114. The van der Waals surface area contributed by atoms with Gasteiger partial charge in [0.25, 0.3) is 0 Å². The summed E-state index contributed by atoms with van der Waals surface area (Å²) >= 11 is 0. The fourth-order valence-corrected chi connectivity index (χ4v) is 2.52. The van der Waals surface area contributed by atoms with Crippen LogP contribution in [0.3, 0.4) is 0 Å². The average molecular weight is 244 g/mol. The normalized spacial score (nSPS) is 19.6. The predicted octanol–water partition coefficient (Wildman–Crippen LogP) is 1.17. The molecule has 5 nitrogen and oxygen atoms in total. The number of anilines is 2. The van der Waals surface area contributed by atoms with Crippen molar-refractivity contribution >= 4 is 22.7 Å². The van der Waals surface area contributed by atoms with Crippen LogP contribution in [0.5, 0.6) is 0 Å². The summed E-state index contributed by atoms with van der Waals surface area (Å²) in [6.45, 7) is 1.01. The molecule has 3 N–H and O–H groups in total. The molecule has 1 aliphatic rings. The van der Waals surface area contributed by atoms with Gasteiger partial charge in [0, 0.05) is 6.54 Å². The number of hydrogen-bond donors (Lipinski definition) is 2. The minimum Gasteiger partial charge on any atom is -0.394 e. The molecule has 94 valence electrons. The Morgan fingerprint density at radius 1 is 1.28 bits per heavy atom. The third-order valence-corrected chi connectivity index (χ3v) is 3.44. The van der Waals surface area contributed by atoms with Crippen molar-refractivity contribution < 1.29 is 5.11 Å². The highest BCUT2D eigenvalue weighted by atomic mass is 16.3. The summed E-state index contributed by atoms with van der Waals surface area (Å²) in [4.78, 5) is 11.0. The topological polar surface area (TPSA) is 75.3 Å². The number of nitrogens with two attached hydrogens (primary N) is 1. The lowest BCUT2D eigenvalue weighted by molar-refractivity contribution is 0.266. The van der Waals surface area contributed by atoms with E-state index in [1.54, 1.807) is 0 Å². The molecule has 0 saturated carbocycles. The smallest absolute Gasteiger partial charge is 0.172 e. The molecule has 0 spiro atoms. The van der Waals surface area contributed by atoms with E-state index in [4.69, 9.17) is 5.73 Å². The van der Waals surface area contributed by atoms with Gasteiger partial charge >= 0.3 is 0 Å². The molecule has 3 rings (SSSR count). The maximum atomic E-state index is 9.37. The van der Waals surface area contributed by atoms with Gasteiger partial charge in [-0.05, 0) is 25.0 Å². The third-order valence-electron chi connectivity index (χ3n) is 3.44.